The van der Waals surface area contributed by atoms with Crippen LogP contribution in [0.4, 0.5) is 4.39 Å². The van der Waals surface area contributed by atoms with Crippen LogP contribution in [0.1, 0.15) is 20.8 Å². The van der Waals surface area contributed by atoms with Gasteiger partial charge in [0.25, 0.3) is 0 Å². The minimum atomic E-state index is -1.70. The number of hydrogen-bond donors (Lipinski definition) is 1. The second-order valence-corrected chi connectivity index (χ2v) is 4.58. The molecular weight excluding hydrogens is 173 g/mol. The second kappa shape index (κ2) is 3.25. The summed E-state index contributed by atoms with van der Waals surface area (Å²) in [5.41, 5.74) is 0.0225. The molecule has 0 spiro atoms. The Kier molecular flexibility index (Phi) is 2.61. The molecular formula is C9H16FNO2. The van der Waals surface area contributed by atoms with Crippen molar-refractivity contribution in [3.63, 3.8) is 0 Å². The molecule has 0 aromatic carbocycles. The molecule has 0 amide bonds. The first-order valence-corrected chi connectivity index (χ1v) is 4.44. The summed E-state index contributed by atoms with van der Waals surface area (Å²) in [6.45, 7) is 7.22. The molecule has 3 nitrogen and oxygen atoms in total. The summed E-state index contributed by atoms with van der Waals surface area (Å²) in [6.07, 6.45) is -1.70. The largest absolute Gasteiger partial charge is 0.479 e. The first kappa shape index (κ1) is 10.4. The molecule has 1 saturated heterocycles. The van der Waals surface area contributed by atoms with E-state index < -0.39 is 12.1 Å². The minimum absolute atomic E-state index is 0.0225. The number of carbonyl (C=O) groups is 1. The van der Waals surface area contributed by atoms with Crippen LogP contribution in [0.25, 0.3) is 0 Å². The maximum absolute atomic E-state index is 12.9. The van der Waals surface area contributed by atoms with Gasteiger partial charge in [-0.3, -0.25) is 4.90 Å². The van der Waals surface area contributed by atoms with Gasteiger partial charge in [-0.1, -0.05) is 0 Å². The number of carboxylic acid groups (broad SMARTS) is 1. The van der Waals surface area contributed by atoms with E-state index in [9.17, 15) is 9.18 Å². The molecule has 1 aliphatic heterocycles. The molecule has 76 valence electrons. The quantitative estimate of drug-likeness (QED) is 0.708. The summed E-state index contributed by atoms with van der Waals surface area (Å²) in [4.78, 5) is 12.4. The van der Waals surface area contributed by atoms with Crippen molar-refractivity contribution < 1.29 is 14.3 Å². The summed E-state index contributed by atoms with van der Waals surface area (Å²) in [6, 6.07) is 0. The van der Waals surface area contributed by atoms with E-state index in [-0.39, 0.29) is 11.5 Å². The van der Waals surface area contributed by atoms with Gasteiger partial charge < -0.3 is 5.11 Å². The van der Waals surface area contributed by atoms with Crippen LogP contribution in [-0.4, -0.2) is 40.8 Å². The topological polar surface area (TPSA) is 40.5 Å². The van der Waals surface area contributed by atoms with Crippen LogP contribution in [0.15, 0.2) is 0 Å². The maximum atomic E-state index is 12.9. The fourth-order valence-electron chi connectivity index (χ4n) is 1.45. The van der Waals surface area contributed by atoms with Crippen LogP contribution in [0.5, 0.6) is 0 Å². The predicted octanol–water partition coefficient (Wildman–Crippen LogP) is 1.14. The van der Waals surface area contributed by atoms with Gasteiger partial charge in [0.1, 0.15) is 0 Å². The third kappa shape index (κ3) is 2.18. The van der Waals surface area contributed by atoms with E-state index in [1.165, 1.54) is 0 Å². The third-order valence-electron chi connectivity index (χ3n) is 2.51. The zero-order valence-corrected chi connectivity index (χ0v) is 8.25. The van der Waals surface area contributed by atoms with Crippen LogP contribution in [-0.2, 0) is 4.79 Å². The second-order valence-electron chi connectivity index (χ2n) is 4.58. The van der Waals surface area contributed by atoms with E-state index >= 15 is 0 Å². The predicted molar refractivity (Wildman–Crippen MR) is 47.3 cm³/mol. The Morgan fingerprint density at radius 2 is 2.00 bits per heavy atom. The average molecular weight is 189 g/mol. The average Bonchev–Trinajstić information content (AvgIpc) is 1.79. The molecule has 1 aliphatic rings. The van der Waals surface area contributed by atoms with Crippen LogP contribution < -0.4 is 0 Å². The maximum Gasteiger partial charge on any atom is 0.338 e. The SMILES string of the molecule is CC(C)(C)N1CC(C(F)C(=O)O)C1. The monoisotopic (exact) mass is 189 g/mol. The fraction of sp³-hybridized carbons (Fsp3) is 0.889. The number of alkyl halides is 1. The van der Waals surface area contributed by atoms with Gasteiger partial charge in [0.05, 0.1) is 0 Å². The summed E-state index contributed by atoms with van der Waals surface area (Å²) in [5.74, 6) is -1.66. The molecule has 1 rings (SSSR count). The van der Waals surface area contributed by atoms with Crippen LogP contribution in [0.2, 0.25) is 0 Å². The van der Waals surface area contributed by atoms with Gasteiger partial charge in [0, 0.05) is 24.5 Å². The van der Waals surface area contributed by atoms with Crippen molar-refractivity contribution in [1.29, 1.82) is 0 Å². The molecule has 1 heterocycles. The highest BCUT2D eigenvalue weighted by atomic mass is 19.1. The van der Waals surface area contributed by atoms with Crippen molar-refractivity contribution in [2.75, 3.05) is 13.1 Å². The Labute approximate surface area is 77.5 Å². The van der Waals surface area contributed by atoms with Crippen molar-refractivity contribution in [3.05, 3.63) is 0 Å². The summed E-state index contributed by atoms with van der Waals surface area (Å²) < 4.78 is 12.9. The summed E-state index contributed by atoms with van der Waals surface area (Å²) in [7, 11) is 0. The minimum Gasteiger partial charge on any atom is -0.479 e. The van der Waals surface area contributed by atoms with Gasteiger partial charge in [-0.15, -0.1) is 0 Å². The molecule has 0 aromatic heterocycles. The van der Waals surface area contributed by atoms with E-state index in [1.807, 2.05) is 20.8 Å². The lowest BCUT2D eigenvalue weighted by Crippen LogP contribution is -2.59. The van der Waals surface area contributed by atoms with Gasteiger partial charge in [-0.2, -0.15) is 0 Å². The standard InChI is InChI=1S/C9H16FNO2/c1-9(2,3)11-4-6(5-11)7(10)8(12)13/h6-7H,4-5H2,1-3H3,(H,12,13). The number of carboxylic acids is 1. The molecule has 1 atom stereocenters. The molecule has 13 heavy (non-hydrogen) atoms. The Bertz CT molecular complexity index is 206. The molecule has 1 N–H and O–H groups in total. The molecule has 1 unspecified atom stereocenters. The summed E-state index contributed by atoms with van der Waals surface area (Å²) in [5, 5.41) is 8.41. The van der Waals surface area contributed by atoms with Crippen molar-refractivity contribution in [3.8, 4) is 0 Å². The summed E-state index contributed by atoms with van der Waals surface area (Å²) >= 11 is 0. The highest BCUT2D eigenvalue weighted by Crippen LogP contribution is 2.28. The van der Waals surface area contributed by atoms with Crippen LogP contribution in [0.3, 0.4) is 0 Å². The molecule has 0 aromatic rings. The van der Waals surface area contributed by atoms with Gasteiger partial charge in [0.2, 0.25) is 6.17 Å². The van der Waals surface area contributed by atoms with E-state index in [0.717, 1.165) is 0 Å². The number of likely N-dealkylation sites (tertiary alicyclic amines) is 1. The van der Waals surface area contributed by atoms with E-state index in [4.69, 9.17) is 5.11 Å². The van der Waals surface area contributed by atoms with E-state index in [2.05, 4.69) is 4.90 Å². The van der Waals surface area contributed by atoms with E-state index in [1.54, 1.807) is 0 Å². The zero-order valence-electron chi connectivity index (χ0n) is 8.25. The normalized spacial score (nSPS) is 22.5. The molecule has 0 saturated carbocycles. The lowest BCUT2D eigenvalue weighted by atomic mass is 9.89. The Morgan fingerprint density at radius 1 is 1.54 bits per heavy atom. The van der Waals surface area contributed by atoms with Gasteiger partial charge in [-0.05, 0) is 20.8 Å². The Morgan fingerprint density at radius 3 is 2.31 bits per heavy atom. The highest BCUT2D eigenvalue weighted by Gasteiger charge is 2.41. The lowest BCUT2D eigenvalue weighted by Gasteiger charge is -2.48. The van der Waals surface area contributed by atoms with Crippen molar-refractivity contribution in [2.45, 2.75) is 32.5 Å². The number of halogens is 1. The lowest BCUT2D eigenvalue weighted by molar-refractivity contribution is -0.149. The van der Waals surface area contributed by atoms with Crippen LogP contribution >= 0.6 is 0 Å². The fourth-order valence-corrected chi connectivity index (χ4v) is 1.45. The molecule has 1 fully saturated rings. The Balaban J connectivity index is 2.38. The molecule has 0 radical (unpaired) electrons. The van der Waals surface area contributed by atoms with Crippen molar-refractivity contribution in [2.24, 2.45) is 5.92 Å². The van der Waals surface area contributed by atoms with E-state index in [0.29, 0.717) is 13.1 Å². The van der Waals surface area contributed by atoms with Gasteiger partial charge in [-0.25, -0.2) is 9.18 Å². The first-order chi connectivity index (χ1) is 5.82. The zero-order chi connectivity index (χ0) is 10.2. The number of nitrogens with zero attached hydrogens (tertiary/aromatic N) is 1. The molecule has 4 heteroatoms. The highest BCUT2D eigenvalue weighted by molar-refractivity contribution is 5.72. The van der Waals surface area contributed by atoms with Gasteiger partial charge in [0.15, 0.2) is 0 Å². The van der Waals surface area contributed by atoms with Gasteiger partial charge >= 0.3 is 5.97 Å². The third-order valence-corrected chi connectivity index (χ3v) is 2.51. The van der Waals surface area contributed by atoms with Crippen molar-refractivity contribution in [1.82, 2.24) is 4.90 Å². The number of aliphatic carboxylic acids is 1. The molecule has 0 bridgehead atoms. The first-order valence-electron chi connectivity index (χ1n) is 4.44. The van der Waals surface area contributed by atoms with Crippen molar-refractivity contribution >= 4 is 5.97 Å². The van der Waals surface area contributed by atoms with Crippen LogP contribution in [0, 0.1) is 5.92 Å². The smallest absolute Gasteiger partial charge is 0.338 e. The number of hydrogen-bond acceptors (Lipinski definition) is 2. The molecule has 0 aliphatic carbocycles. The number of rotatable bonds is 2. The Hall–Kier alpha value is -0.640.